The summed E-state index contributed by atoms with van der Waals surface area (Å²) >= 11 is 8.11. The van der Waals surface area contributed by atoms with E-state index >= 15 is 0 Å². The molecule has 0 heterocycles. The minimum atomic E-state index is -2.68. The largest absolute Gasteiger partial charge is 0.446 e. The van der Waals surface area contributed by atoms with E-state index in [1.807, 2.05) is 34.0 Å². The minimum Gasteiger partial charge on any atom is -0.318 e. The van der Waals surface area contributed by atoms with E-state index in [0.717, 1.165) is 12.1 Å². The van der Waals surface area contributed by atoms with E-state index in [1.165, 1.54) is 16.1 Å². The lowest BCUT2D eigenvalue weighted by Crippen LogP contribution is -2.30. The second kappa shape index (κ2) is 11.7. The van der Waals surface area contributed by atoms with E-state index in [1.54, 1.807) is 18.0 Å². The van der Waals surface area contributed by atoms with E-state index in [0.29, 0.717) is 18.3 Å². The molecule has 0 saturated carbocycles. The van der Waals surface area contributed by atoms with Crippen molar-refractivity contribution < 1.29 is 18.7 Å². The maximum Gasteiger partial charge on any atom is 0.446 e. The second-order valence-corrected chi connectivity index (χ2v) is 10.1. The highest BCUT2D eigenvalue weighted by atomic mass is 32.5. The van der Waals surface area contributed by atoms with Gasteiger partial charge in [0.05, 0.1) is 25.3 Å². The van der Waals surface area contributed by atoms with Crippen molar-refractivity contribution in [2.24, 2.45) is 5.16 Å². The molecule has 0 aromatic rings. The number of rotatable bonds is 9. The molecule has 0 bridgehead atoms. The molecule has 23 heavy (non-hydrogen) atoms. The standard InChI is InChI=1S/C12H26N3O4PS3/c1-8-17-20(21,18-9-2)15(10(3)4)23-14(6)12(16)19-13-11(5)22-7/h10H,8-9H2,1-7H3/b13-11-. The van der Waals surface area contributed by atoms with Crippen LogP contribution in [0.1, 0.15) is 34.6 Å². The van der Waals surface area contributed by atoms with Gasteiger partial charge in [-0.1, -0.05) is 5.16 Å². The third-order valence-corrected chi connectivity index (χ3v) is 8.38. The Kier molecular flexibility index (Phi) is 11.8. The van der Waals surface area contributed by atoms with Gasteiger partial charge < -0.3 is 9.05 Å². The molecule has 0 saturated heterocycles. The van der Waals surface area contributed by atoms with Crippen LogP contribution in [0.5, 0.6) is 0 Å². The predicted molar refractivity (Wildman–Crippen MR) is 103 cm³/mol. The predicted octanol–water partition coefficient (Wildman–Crippen LogP) is 4.32. The van der Waals surface area contributed by atoms with Crippen molar-refractivity contribution in [3.8, 4) is 0 Å². The van der Waals surface area contributed by atoms with Crippen LogP contribution >= 0.6 is 30.5 Å². The van der Waals surface area contributed by atoms with Crippen LogP contribution in [0.15, 0.2) is 5.16 Å². The van der Waals surface area contributed by atoms with Gasteiger partial charge in [-0.3, -0.25) is 4.84 Å². The van der Waals surface area contributed by atoms with Crippen molar-refractivity contribution >= 4 is 53.5 Å². The van der Waals surface area contributed by atoms with Gasteiger partial charge in [-0.25, -0.2) is 9.10 Å². The fourth-order valence-electron chi connectivity index (χ4n) is 1.26. The lowest BCUT2D eigenvalue weighted by atomic mass is 10.4. The normalized spacial score (nSPS) is 12.8. The first kappa shape index (κ1) is 23.2. The van der Waals surface area contributed by atoms with Crippen molar-refractivity contribution in [2.45, 2.75) is 40.7 Å². The zero-order valence-corrected chi connectivity index (χ0v) is 18.0. The Morgan fingerprint density at radius 2 is 1.83 bits per heavy atom. The van der Waals surface area contributed by atoms with Gasteiger partial charge in [0.2, 0.25) is 0 Å². The lowest BCUT2D eigenvalue weighted by molar-refractivity contribution is 0.136. The average molecular weight is 404 g/mol. The number of carbonyl (C=O) groups excluding carboxylic acids is 1. The zero-order chi connectivity index (χ0) is 18.0. The molecule has 0 N–H and O–H groups in total. The molecule has 0 aliphatic rings. The monoisotopic (exact) mass is 403 g/mol. The topological polar surface area (TPSA) is 63.6 Å². The molecule has 1 amide bonds. The summed E-state index contributed by atoms with van der Waals surface area (Å²) in [6, 6.07) is 0.00983. The van der Waals surface area contributed by atoms with Crippen molar-refractivity contribution in [1.29, 1.82) is 0 Å². The first-order valence-electron chi connectivity index (χ1n) is 7.11. The summed E-state index contributed by atoms with van der Waals surface area (Å²) in [5.41, 5.74) is 0. The summed E-state index contributed by atoms with van der Waals surface area (Å²) < 4.78 is 14.5. The maximum absolute atomic E-state index is 12.0. The highest BCUT2D eigenvalue weighted by Crippen LogP contribution is 2.57. The number of amides is 1. The molecular formula is C12H26N3O4PS3. The molecule has 7 nitrogen and oxygen atoms in total. The molecule has 11 heteroatoms. The summed E-state index contributed by atoms with van der Waals surface area (Å²) in [4.78, 5) is 16.9. The van der Waals surface area contributed by atoms with Crippen LogP contribution in [-0.2, 0) is 25.7 Å². The minimum absolute atomic E-state index is 0.00983. The van der Waals surface area contributed by atoms with Gasteiger partial charge in [-0.15, -0.1) is 11.8 Å². The molecule has 0 aliphatic carbocycles. The van der Waals surface area contributed by atoms with Crippen LogP contribution in [0.3, 0.4) is 0 Å². The first-order valence-corrected chi connectivity index (χ1v) is 11.7. The van der Waals surface area contributed by atoms with Crippen molar-refractivity contribution in [1.82, 2.24) is 8.38 Å². The van der Waals surface area contributed by atoms with Crippen molar-refractivity contribution in [2.75, 3.05) is 26.5 Å². The van der Waals surface area contributed by atoms with Crippen LogP contribution in [0, 0.1) is 0 Å². The summed E-state index contributed by atoms with van der Waals surface area (Å²) in [6.07, 6.45) is 1.26. The third kappa shape index (κ3) is 8.20. The molecule has 0 radical (unpaired) electrons. The number of thioether (sulfide) groups is 1. The second-order valence-electron chi connectivity index (χ2n) is 4.45. The van der Waals surface area contributed by atoms with Crippen LogP contribution in [-0.4, -0.2) is 52.1 Å². The van der Waals surface area contributed by atoms with Crippen molar-refractivity contribution in [3.63, 3.8) is 0 Å². The molecule has 0 fully saturated rings. The van der Waals surface area contributed by atoms with E-state index in [2.05, 4.69) is 5.16 Å². The fourth-order valence-corrected chi connectivity index (χ4v) is 5.86. The van der Waals surface area contributed by atoms with Gasteiger partial charge in [0.1, 0.15) is 5.04 Å². The molecular weight excluding hydrogens is 377 g/mol. The number of oxime groups is 1. The molecule has 136 valence electrons. The third-order valence-electron chi connectivity index (χ3n) is 2.28. The van der Waals surface area contributed by atoms with Gasteiger partial charge in [0, 0.05) is 13.1 Å². The van der Waals surface area contributed by atoms with E-state index in [4.69, 9.17) is 25.7 Å². The van der Waals surface area contributed by atoms with Gasteiger partial charge in [-0.2, -0.15) is 4.08 Å². The smallest absolute Gasteiger partial charge is 0.318 e. The SMILES string of the molecule is CCOP(=S)(OCC)N(SN(C)C(=O)O/N=C(/C)SC)C(C)C. The molecule has 0 atom stereocenters. The Bertz CT molecular complexity index is 441. The van der Waals surface area contributed by atoms with Crippen molar-refractivity contribution in [3.05, 3.63) is 0 Å². The van der Waals surface area contributed by atoms with Crippen LogP contribution in [0.4, 0.5) is 4.79 Å². The number of hydrogen-bond acceptors (Lipinski definition) is 8. The lowest BCUT2D eigenvalue weighted by Gasteiger charge is -2.35. The summed E-state index contributed by atoms with van der Waals surface area (Å²) in [5.74, 6) is 0. The highest BCUT2D eigenvalue weighted by molar-refractivity contribution is 8.15. The van der Waals surface area contributed by atoms with Gasteiger partial charge >= 0.3 is 6.09 Å². The molecule has 0 spiro atoms. The van der Waals surface area contributed by atoms with E-state index in [9.17, 15) is 4.79 Å². The number of nitrogens with zero attached hydrogens (tertiary/aromatic N) is 3. The van der Waals surface area contributed by atoms with Gasteiger partial charge in [-0.05, 0) is 52.7 Å². The molecule has 0 aromatic carbocycles. The number of carbonyl (C=O) groups is 1. The average Bonchev–Trinajstić information content (AvgIpc) is 2.49. The first-order chi connectivity index (χ1) is 10.7. The Balaban J connectivity index is 5.05. The van der Waals surface area contributed by atoms with E-state index < -0.39 is 12.7 Å². The zero-order valence-electron chi connectivity index (χ0n) is 14.6. The van der Waals surface area contributed by atoms with Gasteiger partial charge in [0.15, 0.2) is 0 Å². The molecule has 0 rings (SSSR count). The van der Waals surface area contributed by atoms with Crippen LogP contribution in [0.25, 0.3) is 0 Å². The Morgan fingerprint density at radius 3 is 2.22 bits per heavy atom. The summed E-state index contributed by atoms with van der Waals surface area (Å²) in [6.45, 7) is 7.59. The van der Waals surface area contributed by atoms with Crippen LogP contribution in [0.2, 0.25) is 0 Å². The van der Waals surface area contributed by atoms with Crippen LogP contribution < -0.4 is 0 Å². The molecule has 0 aliphatic heterocycles. The number of hydrogen-bond donors (Lipinski definition) is 0. The highest BCUT2D eigenvalue weighted by Gasteiger charge is 2.34. The Labute approximate surface area is 152 Å². The molecule has 0 unspecified atom stereocenters. The molecule has 0 aromatic heterocycles. The van der Waals surface area contributed by atoms with Gasteiger partial charge in [0.25, 0.3) is 6.64 Å². The summed E-state index contributed by atoms with van der Waals surface area (Å²) in [7, 11) is 1.59. The fraction of sp³-hybridized carbons (Fsp3) is 0.833. The maximum atomic E-state index is 12.0. The quantitative estimate of drug-likeness (QED) is 0.141. The summed E-state index contributed by atoms with van der Waals surface area (Å²) in [5, 5.41) is 4.39. The Morgan fingerprint density at radius 1 is 1.30 bits per heavy atom. The Hall–Kier alpha value is 0.170. The van der Waals surface area contributed by atoms with E-state index in [-0.39, 0.29) is 6.04 Å².